The highest BCUT2D eigenvalue weighted by atomic mass is 32.2. The second-order valence-corrected chi connectivity index (χ2v) is 10.5. The number of rotatable bonds is 8. The minimum absolute atomic E-state index is 0.121. The molecular weight excluding hydrogens is 444 g/mol. The Bertz CT molecular complexity index is 1190. The largest absolute Gasteiger partial charge is 0.497 e. The molecule has 1 amide bonds. The van der Waals surface area contributed by atoms with Gasteiger partial charge in [0.2, 0.25) is 5.91 Å². The highest BCUT2D eigenvalue weighted by Crippen LogP contribution is 2.27. The van der Waals surface area contributed by atoms with Crippen molar-refractivity contribution in [3.8, 4) is 5.75 Å². The first-order chi connectivity index (χ1) is 15.2. The lowest BCUT2D eigenvalue weighted by atomic mass is 10.1. The van der Waals surface area contributed by atoms with Gasteiger partial charge in [0.15, 0.2) is 0 Å². The first kappa shape index (κ1) is 23.7. The molecule has 0 aromatic heterocycles. The molecule has 3 rings (SSSR count). The molecule has 0 radical (unpaired) electrons. The zero-order valence-corrected chi connectivity index (χ0v) is 20.0. The molecule has 3 aromatic carbocycles. The molecule has 2 N–H and O–H groups in total. The fourth-order valence-electron chi connectivity index (χ4n) is 3.01. The van der Waals surface area contributed by atoms with Gasteiger partial charge in [0.05, 0.1) is 22.9 Å². The molecule has 1 atom stereocenters. The summed E-state index contributed by atoms with van der Waals surface area (Å²) in [6.45, 7) is 5.63. The summed E-state index contributed by atoms with van der Waals surface area (Å²) < 4.78 is 33.2. The minimum Gasteiger partial charge on any atom is -0.497 e. The summed E-state index contributed by atoms with van der Waals surface area (Å²) in [4.78, 5) is 13.6. The molecule has 0 aliphatic carbocycles. The Morgan fingerprint density at radius 3 is 2.22 bits per heavy atom. The van der Waals surface area contributed by atoms with Crippen molar-refractivity contribution in [1.82, 2.24) is 0 Å². The fourth-order valence-corrected chi connectivity index (χ4v) is 5.00. The SMILES string of the molecule is COc1ccc(S[C@@H](C)C(=O)Nc2ccc(S(=O)(=O)Nc3ccc(C)cc3C)cc2)cc1. The molecule has 0 unspecified atom stereocenters. The first-order valence-electron chi connectivity index (χ1n) is 9.99. The van der Waals surface area contributed by atoms with Crippen LogP contribution >= 0.6 is 11.8 Å². The number of benzene rings is 3. The zero-order chi connectivity index (χ0) is 23.3. The summed E-state index contributed by atoms with van der Waals surface area (Å²) in [6, 6.07) is 19.1. The van der Waals surface area contributed by atoms with Gasteiger partial charge in [-0.15, -0.1) is 11.8 Å². The molecular formula is C24H26N2O4S2. The molecule has 0 aliphatic rings. The van der Waals surface area contributed by atoms with E-state index in [0.29, 0.717) is 11.4 Å². The van der Waals surface area contributed by atoms with Crippen LogP contribution in [-0.4, -0.2) is 26.7 Å². The lowest BCUT2D eigenvalue weighted by Gasteiger charge is -2.14. The van der Waals surface area contributed by atoms with Gasteiger partial charge in [-0.1, -0.05) is 17.7 Å². The monoisotopic (exact) mass is 470 g/mol. The topological polar surface area (TPSA) is 84.5 Å². The average Bonchev–Trinajstić information content (AvgIpc) is 2.76. The molecule has 0 fully saturated rings. The molecule has 0 saturated heterocycles. The van der Waals surface area contributed by atoms with Crippen LogP contribution in [0.3, 0.4) is 0 Å². The fraction of sp³-hybridized carbons (Fsp3) is 0.208. The predicted molar refractivity (Wildman–Crippen MR) is 130 cm³/mol. The number of ether oxygens (including phenoxy) is 1. The van der Waals surface area contributed by atoms with Gasteiger partial charge in [-0.2, -0.15) is 0 Å². The minimum atomic E-state index is -3.73. The van der Waals surface area contributed by atoms with E-state index in [4.69, 9.17) is 4.74 Å². The van der Waals surface area contributed by atoms with E-state index < -0.39 is 10.0 Å². The second kappa shape index (κ2) is 10.1. The van der Waals surface area contributed by atoms with Gasteiger partial charge in [0, 0.05) is 10.6 Å². The second-order valence-electron chi connectivity index (χ2n) is 7.37. The molecule has 8 heteroatoms. The van der Waals surface area contributed by atoms with E-state index in [1.54, 1.807) is 25.3 Å². The van der Waals surface area contributed by atoms with Crippen LogP contribution in [0.5, 0.6) is 5.75 Å². The van der Waals surface area contributed by atoms with Crippen molar-refractivity contribution in [3.05, 3.63) is 77.9 Å². The highest BCUT2D eigenvalue weighted by molar-refractivity contribution is 8.00. The Morgan fingerprint density at radius 1 is 0.969 bits per heavy atom. The number of nitrogens with one attached hydrogen (secondary N) is 2. The number of anilines is 2. The summed E-state index contributed by atoms with van der Waals surface area (Å²) in [5, 5.41) is 2.49. The van der Waals surface area contributed by atoms with Crippen LogP contribution in [0.4, 0.5) is 11.4 Å². The summed E-state index contributed by atoms with van der Waals surface area (Å²) >= 11 is 1.43. The Labute approximate surface area is 193 Å². The third kappa shape index (κ3) is 6.05. The van der Waals surface area contributed by atoms with E-state index in [9.17, 15) is 13.2 Å². The molecule has 3 aromatic rings. The Hall–Kier alpha value is -2.97. The van der Waals surface area contributed by atoms with Gasteiger partial charge >= 0.3 is 0 Å². The number of hydrogen-bond acceptors (Lipinski definition) is 5. The van der Waals surface area contributed by atoms with Crippen LogP contribution in [-0.2, 0) is 14.8 Å². The standard InChI is InChI=1S/C24H26N2O4S2/c1-16-5-14-23(17(2)15-16)26-32(28,29)22-12-6-19(7-13-22)25-24(27)18(3)31-21-10-8-20(30-4)9-11-21/h5-15,18,26H,1-4H3,(H,25,27)/t18-/m0/s1. The molecule has 0 bridgehead atoms. The van der Waals surface area contributed by atoms with Crippen molar-refractivity contribution >= 4 is 39.1 Å². The van der Waals surface area contributed by atoms with Gasteiger partial charge in [-0.05, 0) is 80.9 Å². The van der Waals surface area contributed by atoms with E-state index in [1.165, 1.54) is 23.9 Å². The van der Waals surface area contributed by atoms with Gasteiger partial charge in [0.25, 0.3) is 10.0 Å². The summed E-state index contributed by atoms with van der Waals surface area (Å²) in [5.41, 5.74) is 2.98. The van der Waals surface area contributed by atoms with Crippen LogP contribution < -0.4 is 14.8 Å². The molecule has 32 heavy (non-hydrogen) atoms. The number of carbonyl (C=O) groups is 1. The van der Waals surface area contributed by atoms with Crippen LogP contribution in [0.2, 0.25) is 0 Å². The van der Waals surface area contributed by atoms with Gasteiger partial charge < -0.3 is 10.1 Å². The third-order valence-electron chi connectivity index (χ3n) is 4.80. The van der Waals surface area contributed by atoms with Crippen LogP contribution in [0.1, 0.15) is 18.1 Å². The molecule has 0 spiro atoms. The Kier molecular flexibility index (Phi) is 7.48. The Morgan fingerprint density at radius 2 is 1.62 bits per heavy atom. The predicted octanol–water partition coefficient (Wildman–Crippen LogP) is 5.23. The van der Waals surface area contributed by atoms with Crippen molar-refractivity contribution in [1.29, 1.82) is 0 Å². The van der Waals surface area contributed by atoms with E-state index in [-0.39, 0.29) is 16.1 Å². The zero-order valence-electron chi connectivity index (χ0n) is 18.4. The molecule has 0 saturated carbocycles. The van der Waals surface area contributed by atoms with E-state index >= 15 is 0 Å². The molecule has 0 heterocycles. The Balaban J connectivity index is 1.63. The smallest absolute Gasteiger partial charge is 0.261 e. The van der Waals surface area contributed by atoms with Gasteiger partial charge in [0.1, 0.15) is 5.75 Å². The number of carbonyl (C=O) groups excluding carboxylic acids is 1. The highest BCUT2D eigenvalue weighted by Gasteiger charge is 2.17. The lowest BCUT2D eigenvalue weighted by Crippen LogP contribution is -2.22. The van der Waals surface area contributed by atoms with Gasteiger partial charge in [-0.25, -0.2) is 8.42 Å². The lowest BCUT2D eigenvalue weighted by molar-refractivity contribution is -0.115. The maximum absolute atomic E-state index is 12.7. The maximum Gasteiger partial charge on any atom is 0.261 e. The van der Waals surface area contributed by atoms with Crippen molar-refractivity contribution in [2.24, 2.45) is 0 Å². The normalized spacial score (nSPS) is 12.1. The van der Waals surface area contributed by atoms with E-state index in [1.807, 2.05) is 57.2 Å². The summed E-state index contributed by atoms with van der Waals surface area (Å²) in [5.74, 6) is 0.586. The van der Waals surface area contributed by atoms with Crippen molar-refractivity contribution < 1.29 is 17.9 Å². The number of hydrogen-bond donors (Lipinski definition) is 2. The van der Waals surface area contributed by atoms with E-state index in [2.05, 4.69) is 10.0 Å². The molecule has 0 aliphatic heterocycles. The van der Waals surface area contributed by atoms with Crippen LogP contribution in [0.15, 0.2) is 76.5 Å². The summed E-state index contributed by atoms with van der Waals surface area (Å²) in [6.07, 6.45) is 0. The third-order valence-corrected chi connectivity index (χ3v) is 7.29. The van der Waals surface area contributed by atoms with Crippen molar-refractivity contribution in [3.63, 3.8) is 0 Å². The quantitative estimate of drug-likeness (QED) is 0.440. The molecule has 6 nitrogen and oxygen atoms in total. The number of thioether (sulfide) groups is 1. The van der Waals surface area contributed by atoms with Crippen LogP contribution in [0.25, 0.3) is 0 Å². The van der Waals surface area contributed by atoms with Gasteiger partial charge in [-0.3, -0.25) is 9.52 Å². The van der Waals surface area contributed by atoms with E-state index in [0.717, 1.165) is 21.8 Å². The van der Waals surface area contributed by atoms with Crippen LogP contribution in [0, 0.1) is 13.8 Å². The number of amides is 1. The van der Waals surface area contributed by atoms with Crippen molar-refractivity contribution in [2.75, 3.05) is 17.1 Å². The number of aryl methyl sites for hydroxylation is 2. The maximum atomic E-state index is 12.7. The van der Waals surface area contributed by atoms with Crippen molar-refractivity contribution in [2.45, 2.75) is 35.8 Å². The number of sulfonamides is 1. The number of methoxy groups -OCH3 is 1. The first-order valence-corrected chi connectivity index (χ1v) is 12.4. The summed E-state index contributed by atoms with van der Waals surface area (Å²) in [7, 11) is -2.13. The average molecular weight is 471 g/mol. The molecule has 168 valence electrons.